The maximum absolute atomic E-state index is 13.2. The number of carbonyl (C=O) groups is 2. The number of carbonyl (C=O) groups excluding carboxylic acids is 2. The number of H-pyrrole nitrogens is 1. The Bertz CT molecular complexity index is 1060. The molecule has 0 bridgehead atoms. The minimum atomic E-state index is -0.186. The van der Waals surface area contributed by atoms with Crippen molar-refractivity contribution in [2.45, 2.75) is 64.0 Å². The predicted molar refractivity (Wildman–Crippen MR) is 118 cm³/mol. The summed E-state index contributed by atoms with van der Waals surface area (Å²) >= 11 is 0. The van der Waals surface area contributed by atoms with E-state index in [0.29, 0.717) is 48.7 Å². The molecule has 2 aliphatic heterocycles. The number of aromatic amines is 1. The maximum Gasteiger partial charge on any atom is 0.254 e. The van der Waals surface area contributed by atoms with E-state index in [4.69, 9.17) is 4.98 Å². The highest BCUT2D eigenvalue weighted by atomic mass is 16.2. The molecule has 0 radical (unpaired) electrons. The average Bonchev–Trinajstić information content (AvgIpc) is 3.34. The SMILES string of the molecule is O=C(c1ccncc1)N1CCc2c(nc(C3CCCN3C(=O)C3CCCCC3)[nH]c2=O)C1. The molecule has 3 aliphatic rings. The second-order valence-electron chi connectivity index (χ2n) is 9.11. The van der Waals surface area contributed by atoms with E-state index in [1.807, 2.05) is 4.90 Å². The van der Waals surface area contributed by atoms with Crippen molar-refractivity contribution in [2.75, 3.05) is 13.1 Å². The summed E-state index contributed by atoms with van der Waals surface area (Å²) in [6.45, 7) is 1.50. The Morgan fingerprint density at radius 2 is 1.78 bits per heavy atom. The standard InChI is InChI=1S/C24H29N5O3/c30-22-18-10-14-28(23(31)17-8-11-25-12-9-17)15-19(18)26-21(27-22)20-7-4-13-29(20)24(32)16-5-2-1-3-6-16/h8-9,11-12,16,20H,1-7,10,13-15H2,(H,26,27,30). The van der Waals surface area contributed by atoms with Gasteiger partial charge in [0.05, 0.1) is 18.3 Å². The molecule has 2 aromatic rings. The summed E-state index contributed by atoms with van der Waals surface area (Å²) in [6.07, 6.45) is 10.8. The van der Waals surface area contributed by atoms with Gasteiger partial charge in [0, 0.05) is 42.5 Å². The van der Waals surface area contributed by atoms with Gasteiger partial charge in [0.2, 0.25) is 5.91 Å². The summed E-state index contributed by atoms with van der Waals surface area (Å²) in [4.78, 5) is 54.4. The van der Waals surface area contributed by atoms with Gasteiger partial charge >= 0.3 is 0 Å². The van der Waals surface area contributed by atoms with Crippen molar-refractivity contribution in [2.24, 2.45) is 5.92 Å². The highest BCUT2D eigenvalue weighted by molar-refractivity contribution is 5.94. The van der Waals surface area contributed by atoms with Crippen LogP contribution in [0.25, 0.3) is 0 Å². The largest absolute Gasteiger partial charge is 0.332 e. The third-order valence-corrected chi connectivity index (χ3v) is 7.11. The van der Waals surface area contributed by atoms with Crippen molar-refractivity contribution in [1.29, 1.82) is 0 Å². The first-order valence-corrected chi connectivity index (χ1v) is 11.7. The van der Waals surface area contributed by atoms with E-state index >= 15 is 0 Å². The van der Waals surface area contributed by atoms with Crippen LogP contribution in [0.2, 0.25) is 0 Å². The first kappa shape index (κ1) is 20.8. The topological polar surface area (TPSA) is 99.3 Å². The number of aromatic nitrogens is 3. The van der Waals surface area contributed by atoms with E-state index in [0.717, 1.165) is 38.5 Å². The van der Waals surface area contributed by atoms with E-state index in [2.05, 4.69) is 9.97 Å². The fourth-order valence-electron chi connectivity index (χ4n) is 5.37. The predicted octanol–water partition coefficient (Wildman–Crippen LogP) is 2.61. The normalized spacial score (nSPS) is 21.4. The van der Waals surface area contributed by atoms with Crippen molar-refractivity contribution in [3.8, 4) is 0 Å². The van der Waals surface area contributed by atoms with Crippen LogP contribution in [0.1, 0.15) is 78.4 Å². The van der Waals surface area contributed by atoms with E-state index in [-0.39, 0.29) is 29.3 Å². The number of hydrogen-bond donors (Lipinski definition) is 1. The molecule has 1 atom stereocenters. The molecular formula is C24H29N5O3. The van der Waals surface area contributed by atoms with Crippen molar-refractivity contribution in [3.63, 3.8) is 0 Å². The number of amides is 2. The van der Waals surface area contributed by atoms with Crippen LogP contribution in [-0.4, -0.2) is 49.7 Å². The highest BCUT2D eigenvalue weighted by Crippen LogP contribution is 2.34. The zero-order chi connectivity index (χ0) is 22.1. The summed E-state index contributed by atoms with van der Waals surface area (Å²) < 4.78 is 0. The number of rotatable bonds is 3. The molecule has 8 nitrogen and oxygen atoms in total. The lowest BCUT2D eigenvalue weighted by Crippen LogP contribution is -2.41. The number of pyridine rings is 1. The average molecular weight is 436 g/mol. The van der Waals surface area contributed by atoms with Gasteiger partial charge in [-0.1, -0.05) is 19.3 Å². The molecule has 0 aromatic carbocycles. The van der Waals surface area contributed by atoms with Crippen LogP contribution in [0.15, 0.2) is 29.3 Å². The molecule has 0 spiro atoms. The molecule has 2 aromatic heterocycles. The van der Waals surface area contributed by atoms with Gasteiger partial charge in [-0.05, 0) is 44.2 Å². The number of likely N-dealkylation sites (tertiary alicyclic amines) is 1. The van der Waals surface area contributed by atoms with E-state index in [1.54, 1.807) is 29.4 Å². The molecular weight excluding hydrogens is 406 g/mol. The van der Waals surface area contributed by atoms with Gasteiger partial charge < -0.3 is 14.8 Å². The summed E-state index contributed by atoms with van der Waals surface area (Å²) in [5.41, 5.74) is 1.73. The minimum absolute atomic E-state index is 0.0864. The van der Waals surface area contributed by atoms with Crippen LogP contribution in [-0.2, 0) is 17.8 Å². The Hall–Kier alpha value is -3.03. The van der Waals surface area contributed by atoms with E-state index in [9.17, 15) is 14.4 Å². The second-order valence-corrected chi connectivity index (χ2v) is 9.11. The monoisotopic (exact) mass is 435 g/mol. The summed E-state index contributed by atoms with van der Waals surface area (Å²) in [6, 6.07) is 3.21. The first-order valence-electron chi connectivity index (χ1n) is 11.7. The zero-order valence-corrected chi connectivity index (χ0v) is 18.3. The Morgan fingerprint density at radius 3 is 2.56 bits per heavy atom. The highest BCUT2D eigenvalue weighted by Gasteiger charge is 2.36. The zero-order valence-electron chi connectivity index (χ0n) is 18.3. The lowest BCUT2D eigenvalue weighted by atomic mass is 9.88. The third-order valence-electron chi connectivity index (χ3n) is 7.11. The Balaban J connectivity index is 1.38. The van der Waals surface area contributed by atoms with Crippen LogP contribution >= 0.6 is 0 Å². The van der Waals surface area contributed by atoms with Crippen molar-refractivity contribution in [3.05, 3.63) is 57.5 Å². The molecule has 1 saturated heterocycles. The minimum Gasteiger partial charge on any atom is -0.332 e. The number of nitrogens with zero attached hydrogens (tertiary/aromatic N) is 4. The molecule has 8 heteroatoms. The fraction of sp³-hybridized carbons (Fsp3) is 0.542. The third kappa shape index (κ3) is 3.94. The lowest BCUT2D eigenvalue weighted by molar-refractivity contribution is -0.137. The van der Waals surface area contributed by atoms with Gasteiger partial charge in [0.25, 0.3) is 11.5 Å². The van der Waals surface area contributed by atoms with Gasteiger partial charge in [-0.3, -0.25) is 19.4 Å². The van der Waals surface area contributed by atoms with E-state index in [1.165, 1.54) is 6.42 Å². The summed E-state index contributed by atoms with van der Waals surface area (Å²) in [5, 5.41) is 0. The Morgan fingerprint density at radius 1 is 1.00 bits per heavy atom. The molecule has 2 amide bonds. The summed E-state index contributed by atoms with van der Waals surface area (Å²) in [5.74, 6) is 0.787. The Kier molecular flexibility index (Phi) is 5.76. The molecule has 1 saturated carbocycles. The van der Waals surface area contributed by atoms with Gasteiger partial charge in [0.1, 0.15) is 5.82 Å². The molecule has 4 heterocycles. The second kappa shape index (κ2) is 8.84. The molecule has 32 heavy (non-hydrogen) atoms. The van der Waals surface area contributed by atoms with Crippen molar-refractivity contribution < 1.29 is 9.59 Å². The van der Waals surface area contributed by atoms with Crippen LogP contribution in [0, 0.1) is 5.92 Å². The van der Waals surface area contributed by atoms with Crippen LogP contribution in [0.3, 0.4) is 0 Å². The Labute approximate surface area is 187 Å². The van der Waals surface area contributed by atoms with Gasteiger partial charge in [-0.2, -0.15) is 0 Å². The number of nitrogens with one attached hydrogen (secondary N) is 1. The van der Waals surface area contributed by atoms with Crippen molar-refractivity contribution in [1.82, 2.24) is 24.8 Å². The smallest absolute Gasteiger partial charge is 0.254 e. The van der Waals surface area contributed by atoms with Crippen LogP contribution in [0.4, 0.5) is 0 Å². The fourth-order valence-corrected chi connectivity index (χ4v) is 5.37. The molecule has 1 unspecified atom stereocenters. The molecule has 168 valence electrons. The lowest BCUT2D eigenvalue weighted by Gasteiger charge is -2.31. The van der Waals surface area contributed by atoms with E-state index < -0.39 is 0 Å². The number of fused-ring (bicyclic) bond motifs is 1. The van der Waals surface area contributed by atoms with Gasteiger partial charge in [-0.25, -0.2) is 4.98 Å². The molecule has 1 N–H and O–H groups in total. The molecule has 2 fully saturated rings. The number of hydrogen-bond acceptors (Lipinski definition) is 5. The molecule has 5 rings (SSSR count). The van der Waals surface area contributed by atoms with Gasteiger partial charge in [-0.15, -0.1) is 0 Å². The van der Waals surface area contributed by atoms with Gasteiger partial charge in [0.15, 0.2) is 0 Å². The maximum atomic E-state index is 13.2. The van der Waals surface area contributed by atoms with Crippen LogP contribution < -0.4 is 5.56 Å². The van der Waals surface area contributed by atoms with Crippen LogP contribution in [0.5, 0.6) is 0 Å². The van der Waals surface area contributed by atoms with Crippen molar-refractivity contribution >= 4 is 11.8 Å². The molecule has 1 aliphatic carbocycles. The summed E-state index contributed by atoms with van der Waals surface area (Å²) in [7, 11) is 0. The first-order chi connectivity index (χ1) is 15.6. The quantitative estimate of drug-likeness (QED) is 0.799.